The van der Waals surface area contributed by atoms with Crippen molar-refractivity contribution >= 4 is 33.4 Å². The Kier molecular flexibility index (Phi) is 5.79. The number of carbonyl (C=O) groups excluding carboxylic acids is 2. The number of amides is 1. The number of thiazole rings is 1. The lowest BCUT2D eigenvalue weighted by molar-refractivity contribution is -0.141. The predicted molar refractivity (Wildman–Crippen MR) is 111 cm³/mol. The Labute approximate surface area is 168 Å². The van der Waals surface area contributed by atoms with Crippen molar-refractivity contribution in [3.8, 4) is 0 Å². The molecule has 6 heteroatoms. The molecule has 146 valence electrons. The Morgan fingerprint density at radius 1 is 1.04 bits per heavy atom. The molecular weight excluding hydrogens is 372 g/mol. The van der Waals surface area contributed by atoms with Crippen LogP contribution in [0.15, 0.2) is 35.3 Å². The number of hydrogen-bond donors (Lipinski definition) is 0. The van der Waals surface area contributed by atoms with Crippen LogP contribution >= 0.6 is 11.3 Å². The number of benzene rings is 2. The topological polar surface area (TPSA) is 60.7 Å². The highest BCUT2D eigenvalue weighted by Crippen LogP contribution is 2.22. The first-order chi connectivity index (χ1) is 13.3. The summed E-state index contributed by atoms with van der Waals surface area (Å²) >= 11 is 1.41. The van der Waals surface area contributed by atoms with E-state index in [4.69, 9.17) is 4.74 Å². The molecule has 0 atom stereocenters. The molecule has 3 rings (SSSR count). The minimum Gasteiger partial charge on any atom is -0.468 e. The van der Waals surface area contributed by atoms with Gasteiger partial charge in [0.1, 0.15) is 6.54 Å². The average molecular weight is 397 g/mol. The molecule has 0 spiro atoms. The fourth-order valence-corrected chi connectivity index (χ4v) is 4.23. The number of methoxy groups -OCH3 is 1. The number of ether oxygens (including phenoxy) is 1. The summed E-state index contributed by atoms with van der Waals surface area (Å²) in [5.41, 5.74) is 6.37. The molecule has 1 heterocycles. The second kappa shape index (κ2) is 8.10. The first-order valence-corrected chi connectivity index (χ1v) is 9.91. The summed E-state index contributed by atoms with van der Waals surface area (Å²) < 4.78 is 7.58. The van der Waals surface area contributed by atoms with Crippen molar-refractivity contribution < 1.29 is 14.3 Å². The summed E-state index contributed by atoms with van der Waals surface area (Å²) in [6, 6.07) is 10.1. The Balaban J connectivity index is 2.05. The Hall–Kier alpha value is -2.73. The van der Waals surface area contributed by atoms with Gasteiger partial charge in [0.15, 0.2) is 4.80 Å². The highest BCUT2D eigenvalue weighted by Gasteiger charge is 2.13. The second-order valence-corrected chi connectivity index (χ2v) is 8.07. The normalized spacial score (nSPS) is 11.8. The van der Waals surface area contributed by atoms with Gasteiger partial charge in [-0.15, -0.1) is 0 Å². The van der Waals surface area contributed by atoms with Crippen LogP contribution in [0.1, 0.15) is 27.8 Å². The van der Waals surface area contributed by atoms with Crippen LogP contribution < -0.4 is 4.80 Å². The first-order valence-electron chi connectivity index (χ1n) is 9.09. The molecule has 0 bridgehead atoms. The van der Waals surface area contributed by atoms with E-state index < -0.39 is 0 Å². The van der Waals surface area contributed by atoms with E-state index >= 15 is 0 Å². The number of esters is 1. The van der Waals surface area contributed by atoms with Gasteiger partial charge in [0.25, 0.3) is 5.91 Å². The number of fused-ring (bicyclic) bond motifs is 1. The number of rotatable bonds is 4. The third-order valence-electron chi connectivity index (χ3n) is 4.87. The first kappa shape index (κ1) is 20.0. The SMILES string of the molecule is COC(=O)Cn1c(=NC(=O)Cc2ccc(C)cc2C)sc2cc(C)c(C)cc21. The molecule has 1 amide bonds. The standard InChI is InChI=1S/C22H24N2O3S/c1-13-6-7-17(16(4)8-13)11-20(25)23-22-24(12-21(26)27-5)18-9-14(2)15(3)10-19(18)28-22/h6-10H,11-12H2,1-5H3. The number of hydrogen-bond acceptors (Lipinski definition) is 4. The maximum absolute atomic E-state index is 12.6. The molecule has 0 aliphatic heterocycles. The number of carbonyl (C=O) groups is 2. The summed E-state index contributed by atoms with van der Waals surface area (Å²) in [6.45, 7) is 8.12. The molecular formula is C22H24N2O3S. The van der Waals surface area contributed by atoms with Crippen LogP contribution in [0.5, 0.6) is 0 Å². The van der Waals surface area contributed by atoms with Crippen molar-refractivity contribution in [1.29, 1.82) is 0 Å². The highest BCUT2D eigenvalue weighted by atomic mass is 32.1. The average Bonchev–Trinajstić information content (AvgIpc) is 2.94. The Morgan fingerprint density at radius 2 is 1.75 bits per heavy atom. The second-order valence-electron chi connectivity index (χ2n) is 7.06. The van der Waals surface area contributed by atoms with Gasteiger partial charge >= 0.3 is 5.97 Å². The lowest BCUT2D eigenvalue weighted by Crippen LogP contribution is -2.22. The van der Waals surface area contributed by atoms with Crippen molar-refractivity contribution in [2.75, 3.05) is 7.11 Å². The maximum atomic E-state index is 12.6. The fourth-order valence-electron chi connectivity index (χ4n) is 3.11. The van der Waals surface area contributed by atoms with E-state index in [-0.39, 0.29) is 24.8 Å². The summed E-state index contributed by atoms with van der Waals surface area (Å²) in [6.07, 6.45) is 0.233. The van der Waals surface area contributed by atoms with E-state index in [1.807, 2.05) is 45.9 Å². The Morgan fingerprint density at radius 3 is 2.43 bits per heavy atom. The third kappa shape index (κ3) is 4.22. The minimum atomic E-state index is -0.374. The van der Waals surface area contributed by atoms with Crippen molar-refractivity contribution in [1.82, 2.24) is 4.57 Å². The number of aryl methyl sites for hydroxylation is 4. The van der Waals surface area contributed by atoms with Gasteiger partial charge in [0.2, 0.25) is 0 Å². The molecule has 0 saturated heterocycles. The van der Waals surface area contributed by atoms with Crippen LogP contribution in [-0.2, 0) is 27.3 Å². The van der Waals surface area contributed by atoms with E-state index in [9.17, 15) is 9.59 Å². The summed E-state index contributed by atoms with van der Waals surface area (Å²) in [4.78, 5) is 29.4. The number of nitrogens with zero attached hydrogens (tertiary/aromatic N) is 2. The molecule has 0 radical (unpaired) electrons. The summed E-state index contributed by atoms with van der Waals surface area (Å²) in [7, 11) is 1.36. The zero-order valence-corrected chi connectivity index (χ0v) is 17.6. The maximum Gasteiger partial charge on any atom is 0.325 e. The van der Waals surface area contributed by atoms with E-state index in [0.29, 0.717) is 4.80 Å². The molecule has 1 aromatic heterocycles. The molecule has 0 unspecified atom stereocenters. The van der Waals surface area contributed by atoms with Gasteiger partial charge in [-0.3, -0.25) is 9.59 Å². The largest absolute Gasteiger partial charge is 0.468 e. The molecule has 5 nitrogen and oxygen atoms in total. The number of aromatic nitrogens is 1. The summed E-state index contributed by atoms with van der Waals surface area (Å²) in [5, 5.41) is 0. The Bertz CT molecular complexity index is 1140. The van der Waals surface area contributed by atoms with Gasteiger partial charge in [-0.2, -0.15) is 4.99 Å². The van der Waals surface area contributed by atoms with Gasteiger partial charge < -0.3 is 9.30 Å². The quantitative estimate of drug-likeness (QED) is 0.631. The third-order valence-corrected chi connectivity index (χ3v) is 5.91. The highest BCUT2D eigenvalue weighted by molar-refractivity contribution is 7.16. The van der Waals surface area contributed by atoms with Gasteiger partial charge in [-0.25, -0.2) is 0 Å². The minimum absolute atomic E-state index is 0.0225. The molecule has 2 aromatic carbocycles. The van der Waals surface area contributed by atoms with Crippen LogP contribution in [0.3, 0.4) is 0 Å². The van der Waals surface area contributed by atoms with Crippen LogP contribution in [0.25, 0.3) is 10.2 Å². The lowest BCUT2D eigenvalue weighted by Gasteiger charge is -2.06. The van der Waals surface area contributed by atoms with Crippen LogP contribution in [0.2, 0.25) is 0 Å². The zero-order chi connectivity index (χ0) is 20.4. The van der Waals surface area contributed by atoms with E-state index in [2.05, 4.69) is 17.1 Å². The van der Waals surface area contributed by atoms with Gasteiger partial charge in [0, 0.05) is 0 Å². The molecule has 0 fully saturated rings. The lowest BCUT2D eigenvalue weighted by atomic mass is 10.0. The molecule has 0 aliphatic carbocycles. The predicted octanol–water partition coefficient (Wildman–Crippen LogP) is 3.78. The van der Waals surface area contributed by atoms with Crippen molar-refractivity contribution in [2.45, 2.75) is 40.7 Å². The van der Waals surface area contributed by atoms with Gasteiger partial charge in [-0.1, -0.05) is 35.1 Å². The van der Waals surface area contributed by atoms with E-state index in [1.54, 1.807) is 4.57 Å². The van der Waals surface area contributed by atoms with Crippen LogP contribution in [-0.4, -0.2) is 23.6 Å². The smallest absolute Gasteiger partial charge is 0.325 e. The summed E-state index contributed by atoms with van der Waals surface area (Å²) in [5.74, 6) is -0.605. The van der Waals surface area contributed by atoms with Gasteiger partial charge in [0.05, 0.1) is 23.7 Å². The zero-order valence-electron chi connectivity index (χ0n) is 16.8. The molecule has 3 aromatic rings. The van der Waals surface area contributed by atoms with Crippen LogP contribution in [0.4, 0.5) is 0 Å². The van der Waals surface area contributed by atoms with Crippen molar-refractivity contribution in [2.24, 2.45) is 4.99 Å². The monoisotopic (exact) mass is 396 g/mol. The van der Waals surface area contributed by atoms with Crippen molar-refractivity contribution in [3.63, 3.8) is 0 Å². The van der Waals surface area contributed by atoms with Gasteiger partial charge in [-0.05, 0) is 62.1 Å². The molecule has 0 N–H and O–H groups in total. The van der Waals surface area contributed by atoms with Crippen molar-refractivity contribution in [3.05, 3.63) is 63.0 Å². The molecule has 28 heavy (non-hydrogen) atoms. The molecule has 0 aliphatic rings. The molecule has 0 saturated carbocycles. The van der Waals surface area contributed by atoms with E-state index in [0.717, 1.165) is 38.0 Å². The fraction of sp³-hybridized carbons (Fsp3) is 0.318. The van der Waals surface area contributed by atoms with E-state index in [1.165, 1.54) is 18.4 Å². The van der Waals surface area contributed by atoms with Crippen LogP contribution in [0, 0.1) is 27.7 Å².